The van der Waals surface area contributed by atoms with Gasteiger partial charge in [0.1, 0.15) is 17.3 Å². The average molecular weight is 428 g/mol. The summed E-state index contributed by atoms with van der Waals surface area (Å²) >= 11 is 0. The quantitative estimate of drug-likeness (QED) is 0.323. The van der Waals surface area contributed by atoms with Gasteiger partial charge in [-0.25, -0.2) is 10.4 Å². The molecule has 1 heterocycles. The molecule has 4 rings (SSSR count). The lowest BCUT2D eigenvalue weighted by molar-refractivity contribution is 0.0955. The lowest BCUT2D eigenvalue weighted by atomic mass is 10.1. The van der Waals surface area contributed by atoms with Crippen LogP contribution in [0, 0.1) is 0 Å². The molecule has 4 aromatic rings. The number of hydrogen-bond donors (Lipinski definition) is 2. The summed E-state index contributed by atoms with van der Waals surface area (Å²) in [6, 6.07) is 20.7. The second kappa shape index (κ2) is 9.78. The first-order chi connectivity index (χ1) is 15.6. The number of fused-ring (bicyclic) bond motifs is 1. The van der Waals surface area contributed by atoms with Crippen LogP contribution in [0.4, 0.5) is 0 Å². The number of hydrazone groups is 1. The Bertz CT molecular complexity index is 1230. The molecule has 1 aromatic heterocycles. The van der Waals surface area contributed by atoms with E-state index < -0.39 is 0 Å². The summed E-state index contributed by atoms with van der Waals surface area (Å²) in [5.41, 5.74) is 6.65. The number of aromatic nitrogens is 2. The van der Waals surface area contributed by atoms with Crippen molar-refractivity contribution < 1.29 is 14.3 Å². The van der Waals surface area contributed by atoms with Crippen LogP contribution < -0.4 is 14.9 Å². The molecule has 3 aromatic carbocycles. The van der Waals surface area contributed by atoms with Gasteiger partial charge in [0, 0.05) is 12.0 Å². The minimum absolute atomic E-state index is 0.291. The van der Waals surface area contributed by atoms with Crippen LogP contribution in [0.25, 0.3) is 11.0 Å². The van der Waals surface area contributed by atoms with Gasteiger partial charge in [0.05, 0.1) is 31.0 Å². The van der Waals surface area contributed by atoms with Crippen molar-refractivity contribution in [3.63, 3.8) is 0 Å². The smallest absolute Gasteiger partial charge is 0.271 e. The minimum Gasteiger partial charge on any atom is -0.497 e. The van der Waals surface area contributed by atoms with E-state index in [9.17, 15) is 4.79 Å². The molecule has 2 N–H and O–H groups in total. The maximum absolute atomic E-state index is 12.5. The van der Waals surface area contributed by atoms with Crippen LogP contribution in [-0.2, 0) is 6.42 Å². The predicted molar refractivity (Wildman–Crippen MR) is 125 cm³/mol. The number of ether oxygens (including phenoxy) is 2. The van der Waals surface area contributed by atoms with E-state index in [0.29, 0.717) is 18.6 Å². The molecule has 0 saturated heterocycles. The van der Waals surface area contributed by atoms with Crippen LogP contribution in [0.5, 0.6) is 11.5 Å². The molecule has 0 saturated carbocycles. The van der Waals surface area contributed by atoms with Gasteiger partial charge >= 0.3 is 0 Å². The van der Waals surface area contributed by atoms with Gasteiger partial charge in [-0.15, -0.1) is 0 Å². The van der Waals surface area contributed by atoms with Crippen molar-refractivity contribution >= 4 is 23.2 Å². The van der Waals surface area contributed by atoms with Crippen molar-refractivity contribution in [1.29, 1.82) is 0 Å². The first-order valence-electron chi connectivity index (χ1n) is 10.3. The van der Waals surface area contributed by atoms with Gasteiger partial charge in [0.25, 0.3) is 5.91 Å². The van der Waals surface area contributed by atoms with Crippen molar-refractivity contribution in [2.45, 2.75) is 13.3 Å². The first-order valence-corrected chi connectivity index (χ1v) is 10.3. The number of nitrogens with zero attached hydrogens (tertiary/aromatic N) is 2. The Labute approximate surface area is 186 Å². The van der Waals surface area contributed by atoms with E-state index >= 15 is 0 Å². The Morgan fingerprint density at radius 2 is 1.81 bits per heavy atom. The highest BCUT2D eigenvalue weighted by atomic mass is 16.5. The van der Waals surface area contributed by atoms with E-state index in [1.165, 1.54) is 0 Å². The van der Waals surface area contributed by atoms with E-state index in [0.717, 1.165) is 39.5 Å². The zero-order valence-corrected chi connectivity index (χ0v) is 18.0. The van der Waals surface area contributed by atoms with Gasteiger partial charge in [0.2, 0.25) is 0 Å². The molecule has 0 aliphatic rings. The number of amides is 1. The monoisotopic (exact) mass is 428 g/mol. The molecule has 0 aliphatic heterocycles. The topological polar surface area (TPSA) is 88.6 Å². The lowest BCUT2D eigenvalue weighted by Crippen LogP contribution is -2.17. The van der Waals surface area contributed by atoms with E-state index in [1.807, 2.05) is 61.5 Å². The molecule has 0 unspecified atom stereocenters. The van der Waals surface area contributed by atoms with Crippen LogP contribution in [0.2, 0.25) is 0 Å². The van der Waals surface area contributed by atoms with Gasteiger partial charge in [-0.3, -0.25) is 4.79 Å². The third-order valence-corrected chi connectivity index (χ3v) is 4.89. The number of nitrogens with one attached hydrogen (secondary N) is 2. The third-order valence-electron chi connectivity index (χ3n) is 4.89. The Balaban J connectivity index is 1.40. The Kier molecular flexibility index (Phi) is 6.46. The summed E-state index contributed by atoms with van der Waals surface area (Å²) in [7, 11) is 1.65. The molecule has 0 radical (unpaired) electrons. The molecular formula is C25H24N4O3. The van der Waals surface area contributed by atoms with Gasteiger partial charge in [-0.1, -0.05) is 12.1 Å². The molecular weight excluding hydrogens is 404 g/mol. The van der Waals surface area contributed by atoms with Crippen LogP contribution in [0.3, 0.4) is 0 Å². The van der Waals surface area contributed by atoms with Gasteiger partial charge in [-0.05, 0) is 72.6 Å². The number of carbonyl (C=O) groups is 1. The first kappa shape index (κ1) is 21.1. The second-order valence-corrected chi connectivity index (χ2v) is 7.14. The van der Waals surface area contributed by atoms with Crippen molar-refractivity contribution in [3.05, 3.63) is 89.2 Å². The Hall–Kier alpha value is -4.13. The van der Waals surface area contributed by atoms with E-state index in [1.54, 1.807) is 25.5 Å². The molecule has 0 spiro atoms. The number of rotatable bonds is 8. The molecule has 0 aliphatic carbocycles. The molecule has 1 amide bonds. The third kappa shape index (κ3) is 5.13. The average Bonchev–Trinajstić information content (AvgIpc) is 3.22. The maximum atomic E-state index is 12.5. The highest BCUT2D eigenvalue weighted by molar-refractivity contribution is 5.97. The second-order valence-electron chi connectivity index (χ2n) is 7.14. The molecule has 7 nitrogen and oxygen atoms in total. The number of imidazole rings is 1. The molecule has 162 valence electrons. The van der Waals surface area contributed by atoms with E-state index in [2.05, 4.69) is 20.5 Å². The van der Waals surface area contributed by atoms with Gasteiger partial charge in [0.15, 0.2) is 0 Å². The SMILES string of the molecule is CCOc1ccc(/C=N\NC(=O)c2ccc3nc(Cc4ccc(OC)cc4)[nH]c3c2)cc1. The van der Waals surface area contributed by atoms with Crippen molar-refractivity contribution in [3.8, 4) is 11.5 Å². The number of methoxy groups -OCH3 is 1. The highest BCUT2D eigenvalue weighted by Gasteiger charge is 2.09. The van der Waals surface area contributed by atoms with Crippen LogP contribution >= 0.6 is 0 Å². The molecule has 7 heteroatoms. The fourth-order valence-electron chi connectivity index (χ4n) is 3.27. The van der Waals surface area contributed by atoms with Gasteiger partial charge in [-0.2, -0.15) is 5.10 Å². The fourth-order valence-corrected chi connectivity index (χ4v) is 3.27. The number of hydrogen-bond acceptors (Lipinski definition) is 5. The van der Waals surface area contributed by atoms with E-state index in [-0.39, 0.29) is 5.91 Å². The fraction of sp³-hybridized carbons (Fsp3) is 0.160. The standard InChI is InChI=1S/C25H24N4O3/c1-3-32-21-11-6-18(7-12-21)16-26-29-25(30)19-8-13-22-23(15-19)28-24(27-22)14-17-4-9-20(31-2)10-5-17/h4-13,15-16H,3,14H2,1-2H3,(H,27,28)(H,29,30)/b26-16-. The molecule has 0 bridgehead atoms. The summed E-state index contributed by atoms with van der Waals surface area (Å²) in [5, 5.41) is 4.05. The summed E-state index contributed by atoms with van der Waals surface area (Å²) in [6.07, 6.45) is 2.25. The Morgan fingerprint density at radius 1 is 1.06 bits per heavy atom. The zero-order chi connectivity index (χ0) is 22.3. The largest absolute Gasteiger partial charge is 0.497 e. The van der Waals surface area contributed by atoms with Crippen molar-refractivity contribution in [2.75, 3.05) is 13.7 Å². The summed E-state index contributed by atoms with van der Waals surface area (Å²) in [5.74, 6) is 2.16. The summed E-state index contributed by atoms with van der Waals surface area (Å²) in [6.45, 7) is 2.56. The van der Waals surface area contributed by atoms with Crippen LogP contribution in [-0.4, -0.2) is 35.8 Å². The van der Waals surface area contributed by atoms with E-state index in [4.69, 9.17) is 9.47 Å². The van der Waals surface area contributed by atoms with Crippen LogP contribution in [0.15, 0.2) is 71.8 Å². The lowest BCUT2D eigenvalue weighted by Gasteiger charge is -2.02. The normalized spacial score (nSPS) is 11.1. The summed E-state index contributed by atoms with van der Waals surface area (Å²) in [4.78, 5) is 20.4. The maximum Gasteiger partial charge on any atom is 0.271 e. The number of H-pyrrole nitrogens is 1. The van der Waals surface area contributed by atoms with Crippen LogP contribution in [0.1, 0.15) is 34.2 Å². The summed E-state index contributed by atoms with van der Waals surface area (Å²) < 4.78 is 10.6. The van der Waals surface area contributed by atoms with Crippen molar-refractivity contribution in [2.24, 2.45) is 5.10 Å². The molecule has 0 atom stereocenters. The predicted octanol–water partition coefficient (Wildman–Crippen LogP) is 4.32. The number of aromatic amines is 1. The molecule has 32 heavy (non-hydrogen) atoms. The minimum atomic E-state index is -0.291. The number of carbonyl (C=O) groups excluding carboxylic acids is 1. The van der Waals surface area contributed by atoms with Gasteiger partial charge < -0.3 is 14.5 Å². The molecule has 0 fully saturated rings. The number of benzene rings is 3. The highest BCUT2D eigenvalue weighted by Crippen LogP contribution is 2.18. The van der Waals surface area contributed by atoms with Crippen molar-refractivity contribution in [1.82, 2.24) is 15.4 Å². The Morgan fingerprint density at radius 3 is 2.53 bits per heavy atom. The zero-order valence-electron chi connectivity index (χ0n) is 18.0.